The predicted molar refractivity (Wildman–Crippen MR) is 74.0 cm³/mol. The van der Waals surface area contributed by atoms with Crippen LogP contribution in [0.2, 0.25) is 0 Å². The van der Waals surface area contributed by atoms with E-state index in [2.05, 4.69) is 26.1 Å². The molecule has 2 atom stereocenters. The Morgan fingerprint density at radius 2 is 2.00 bits per heavy atom. The summed E-state index contributed by atoms with van der Waals surface area (Å²) in [5.41, 5.74) is -0.771. The van der Waals surface area contributed by atoms with E-state index in [0.717, 1.165) is 0 Å². The number of urea groups is 1. The van der Waals surface area contributed by atoms with E-state index < -0.39 is 11.4 Å². The van der Waals surface area contributed by atoms with E-state index in [1.807, 2.05) is 13.8 Å². The molecule has 19 heavy (non-hydrogen) atoms. The number of nitrogens with zero attached hydrogens (tertiary/aromatic N) is 1. The van der Waals surface area contributed by atoms with Crippen molar-refractivity contribution in [2.24, 2.45) is 10.8 Å². The number of aliphatic carboxylic acids is 1. The van der Waals surface area contributed by atoms with Crippen molar-refractivity contribution in [1.82, 2.24) is 10.2 Å². The largest absolute Gasteiger partial charge is 0.481 e. The summed E-state index contributed by atoms with van der Waals surface area (Å²) in [6, 6.07) is -0.111. The summed E-state index contributed by atoms with van der Waals surface area (Å²) < 4.78 is 0. The third-order valence-electron chi connectivity index (χ3n) is 4.41. The zero-order chi connectivity index (χ0) is 14.8. The summed E-state index contributed by atoms with van der Waals surface area (Å²) in [6.07, 6.45) is 1.09. The first-order chi connectivity index (χ1) is 8.62. The monoisotopic (exact) mass is 270 g/mol. The first-order valence-corrected chi connectivity index (χ1v) is 6.91. The molecule has 0 aromatic heterocycles. The number of likely N-dealkylation sites (tertiary alicyclic amines) is 1. The van der Waals surface area contributed by atoms with Crippen LogP contribution in [-0.2, 0) is 4.79 Å². The molecule has 0 aromatic rings. The lowest BCUT2D eigenvalue weighted by Crippen LogP contribution is -2.48. The average Bonchev–Trinajstić information content (AvgIpc) is 2.73. The van der Waals surface area contributed by atoms with Gasteiger partial charge in [0.2, 0.25) is 0 Å². The molecule has 1 saturated heterocycles. The number of nitrogens with one attached hydrogen (secondary N) is 1. The summed E-state index contributed by atoms with van der Waals surface area (Å²) >= 11 is 0. The van der Waals surface area contributed by atoms with Gasteiger partial charge in [-0.1, -0.05) is 27.7 Å². The standard InChI is InChI=1S/C14H26N2O3/c1-6-14(11(17)18)7-8-16(9-14)12(19)15-10(2)13(3,4)5/h10H,6-9H2,1-5H3,(H,15,19)(H,17,18). The molecule has 1 fully saturated rings. The number of hydrogen-bond donors (Lipinski definition) is 2. The van der Waals surface area contributed by atoms with Gasteiger partial charge in [-0.2, -0.15) is 0 Å². The van der Waals surface area contributed by atoms with Gasteiger partial charge >= 0.3 is 12.0 Å². The SMILES string of the molecule is CCC1(C(=O)O)CCN(C(=O)NC(C)C(C)(C)C)C1. The fourth-order valence-electron chi connectivity index (χ4n) is 2.15. The maximum absolute atomic E-state index is 12.2. The van der Waals surface area contributed by atoms with E-state index in [1.54, 1.807) is 4.90 Å². The fourth-order valence-corrected chi connectivity index (χ4v) is 2.15. The van der Waals surface area contributed by atoms with Crippen molar-refractivity contribution in [2.45, 2.75) is 53.5 Å². The van der Waals surface area contributed by atoms with Crippen LogP contribution in [0.5, 0.6) is 0 Å². The summed E-state index contributed by atoms with van der Waals surface area (Å²) in [5.74, 6) is -0.797. The van der Waals surface area contributed by atoms with Crippen LogP contribution in [0.4, 0.5) is 4.79 Å². The molecule has 5 heteroatoms. The molecule has 0 aromatic carbocycles. The molecular formula is C14H26N2O3. The second-order valence-corrected chi connectivity index (χ2v) is 6.65. The number of carboxylic acids is 1. The molecule has 2 amide bonds. The highest BCUT2D eigenvalue weighted by Crippen LogP contribution is 2.34. The zero-order valence-electron chi connectivity index (χ0n) is 12.6. The van der Waals surface area contributed by atoms with Crippen LogP contribution in [0.1, 0.15) is 47.5 Å². The maximum Gasteiger partial charge on any atom is 0.317 e. The normalized spacial score (nSPS) is 25.2. The highest BCUT2D eigenvalue weighted by atomic mass is 16.4. The minimum Gasteiger partial charge on any atom is -0.481 e. The van der Waals surface area contributed by atoms with Crippen molar-refractivity contribution in [3.05, 3.63) is 0 Å². The van der Waals surface area contributed by atoms with Crippen LogP contribution in [0, 0.1) is 10.8 Å². The molecule has 0 bridgehead atoms. The second kappa shape index (κ2) is 5.39. The van der Waals surface area contributed by atoms with Gasteiger partial charge in [0, 0.05) is 19.1 Å². The third kappa shape index (κ3) is 3.39. The number of amides is 2. The molecule has 0 radical (unpaired) electrons. The van der Waals surface area contributed by atoms with Crippen LogP contribution < -0.4 is 5.32 Å². The van der Waals surface area contributed by atoms with E-state index in [0.29, 0.717) is 25.9 Å². The molecule has 2 N–H and O–H groups in total. The Bertz CT molecular complexity index is 362. The van der Waals surface area contributed by atoms with Crippen LogP contribution in [0.15, 0.2) is 0 Å². The van der Waals surface area contributed by atoms with E-state index >= 15 is 0 Å². The van der Waals surface area contributed by atoms with Crippen LogP contribution in [-0.4, -0.2) is 41.1 Å². The zero-order valence-corrected chi connectivity index (χ0v) is 12.6. The minimum atomic E-state index is -0.797. The smallest absolute Gasteiger partial charge is 0.317 e. The molecule has 2 unspecified atom stereocenters. The van der Waals surface area contributed by atoms with Crippen molar-refractivity contribution in [3.8, 4) is 0 Å². The molecule has 1 rings (SSSR count). The Morgan fingerprint density at radius 3 is 2.37 bits per heavy atom. The van der Waals surface area contributed by atoms with E-state index in [-0.39, 0.29) is 17.5 Å². The minimum absolute atomic E-state index is 0.00989. The Morgan fingerprint density at radius 1 is 1.42 bits per heavy atom. The molecule has 1 heterocycles. The first kappa shape index (κ1) is 15.8. The molecule has 1 aliphatic rings. The van der Waals surface area contributed by atoms with E-state index in [4.69, 9.17) is 0 Å². The summed E-state index contributed by atoms with van der Waals surface area (Å²) in [6.45, 7) is 10.9. The van der Waals surface area contributed by atoms with Gasteiger partial charge in [0.05, 0.1) is 5.41 Å². The van der Waals surface area contributed by atoms with Gasteiger partial charge in [0.15, 0.2) is 0 Å². The van der Waals surface area contributed by atoms with Crippen LogP contribution >= 0.6 is 0 Å². The van der Waals surface area contributed by atoms with Gasteiger partial charge in [-0.3, -0.25) is 4.79 Å². The number of carbonyl (C=O) groups is 2. The highest BCUT2D eigenvalue weighted by Gasteiger charge is 2.45. The van der Waals surface area contributed by atoms with Gasteiger partial charge in [0.25, 0.3) is 0 Å². The van der Waals surface area contributed by atoms with Crippen LogP contribution in [0.3, 0.4) is 0 Å². The third-order valence-corrected chi connectivity index (χ3v) is 4.41. The van der Waals surface area contributed by atoms with E-state index in [9.17, 15) is 14.7 Å². The molecule has 5 nitrogen and oxygen atoms in total. The number of carbonyl (C=O) groups excluding carboxylic acids is 1. The van der Waals surface area contributed by atoms with Gasteiger partial charge in [-0.05, 0) is 25.2 Å². The molecule has 0 aliphatic carbocycles. The number of rotatable bonds is 3. The topological polar surface area (TPSA) is 69.6 Å². The Hall–Kier alpha value is -1.26. The molecule has 1 aliphatic heterocycles. The lowest BCUT2D eigenvalue weighted by molar-refractivity contribution is -0.148. The van der Waals surface area contributed by atoms with Gasteiger partial charge in [-0.25, -0.2) is 4.79 Å². The summed E-state index contributed by atoms with van der Waals surface area (Å²) in [7, 11) is 0. The Labute approximate surface area is 115 Å². The number of hydrogen-bond acceptors (Lipinski definition) is 2. The molecule has 0 saturated carbocycles. The van der Waals surface area contributed by atoms with Crippen LogP contribution in [0.25, 0.3) is 0 Å². The summed E-state index contributed by atoms with van der Waals surface area (Å²) in [4.78, 5) is 25.1. The quantitative estimate of drug-likeness (QED) is 0.827. The van der Waals surface area contributed by atoms with Crippen molar-refractivity contribution >= 4 is 12.0 Å². The maximum atomic E-state index is 12.2. The lowest BCUT2D eigenvalue weighted by Gasteiger charge is -2.30. The van der Waals surface area contributed by atoms with Crippen molar-refractivity contribution in [1.29, 1.82) is 0 Å². The van der Waals surface area contributed by atoms with Gasteiger partial charge < -0.3 is 15.3 Å². The van der Waals surface area contributed by atoms with E-state index in [1.165, 1.54) is 0 Å². The first-order valence-electron chi connectivity index (χ1n) is 6.91. The van der Waals surface area contributed by atoms with Crippen molar-refractivity contribution in [3.63, 3.8) is 0 Å². The van der Waals surface area contributed by atoms with Crippen molar-refractivity contribution in [2.75, 3.05) is 13.1 Å². The second-order valence-electron chi connectivity index (χ2n) is 6.65. The molecule has 110 valence electrons. The van der Waals surface area contributed by atoms with Gasteiger partial charge in [-0.15, -0.1) is 0 Å². The molecular weight excluding hydrogens is 244 g/mol. The Kier molecular flexibility index (Phi) is 4.48. The highest BCUT2D eigenvalue weighted by molar-refractivity contribution is 5.79. The average molecular weight is 270 g/mol. The summed E-state index contributed by atoms with van der Waals surface area (Å²) in [5, 5.41) is 12.3. The Balaban J connectivity index is 2.65. The van der Waals surface area contributed by atoms with Crippen molar-refractivity contribution < 1.29 is 14.7 Å². The number of carboxylic acid groups (broad SMARTS) is 1. The molecule has 0 spiro atoms. The lowest BCUT2D eigenvalue weighted by atomic mass is 9.84. The fraction of sp³-hybridized carbons (Fsp3) is 0.857. The predicted octanol–water partition coefficient (Wildman–Crippen LogP) is 2.32. The van der Waals surface area contributed by atoms with Gasteiger partial charge in [0.1, 0.15) is 0 Å².